The predicted octanol–water partition coefficient (Wildman–Crippen LogP) is 5.25. The number of nitro benzene ring substituents is 1. The van der Waals surface area contributed by atoms with Gasteiger partial charge in [0.1, 0.15) is 12.3 Å². The Bertz CT molecular complexity index is 1580. The Morgan fingerprint density at radius 1 is 1.11 bits per heavy atom. The van der Waals surface area contributed by atoms with Crippen molar-refractivity contribution in [2.45, 2.75) is 76.4 Å². The smallest absolute Gasteiger partial charge is 0.356 e. The van der Waals surface area contributed by atoms with Crippen LogP contribution in [0.15, 0.2) is 64.0 Å². The number of hydrogen-bond acceptors (Lipinski definition) is 8. The van der Waals surface area contributed by atoms with Gasteiger partial charge in [0.2, 0.25) is 5.91 Å². The number of ether oxygens (including phenoxy) is 1. The molecule has 2 aromatic rings. The van der Waals surface area contributed by atoms with Crippen molar-refractivity contribution in [3.8, 4) is 0 Å². The fourth-order valence-corrected chi connectivity index (χ4v) is 8.62. The molecule has 0 aromatic heterocycles. The van der Waals surface area contributed by atoms with E-state index in [0.717, 1.165) is 0 Å². The van der Waals surface area contributed by atoms with Gasteiger partial charge in [0.05, 0.1) is 49.2 Å². The van der Waals surface area contributed by atoms with Gasteiger partial charge in [0, 0.05) is 32.1 Å². The number of nitro groups is 1. The predicted molar refractivity (Wildman–Crippen MR) is 172 cm³/mol. The summed E-state index contributed by atoms with van der Waals surface area (Å²) in [6.07, 6.45) is -0.449. The number of esters is 1. The molecule has 1 fully saturated rings. The average Bonchev–Trinajstić information content (AvgIpc) is 3.22. The number of amides is 2. The van der Waals surface area contributed by atoms with Crippen LogP contribution >= 0.6 is 0 Å². The van der Waals surface area contributed by atoms with Gasteiger partial charge in [-0.3, -0.25) is 19.7 Å². The van der Waals surface area contributed by atoms with Crippen LogP contribution in [0.1, 0.15) is 50.5 Å². The average molecular weight is 656 g/mol. The van der Waals surface area contributed by atoms with Gasteiger partial charge in [-0.15, -0.1) is 0 Å². The Morgan fingerprint density at radius 2 is 1.71 bits per heavy atom. The minimum absolute atomic E-state index is 0.0878. The summed E-state index contributed by atoms with van der Waals surface area (Å²) in [6, 6.07) is 11.6. The lowest BCUT2D eigenvalue weighted by atomic mass is 9.79. The zero-order chi connectivity index (χ0) is 33.6. The molecule has 0 spiro atoms. The van der Waals surface area contributed by atoms with E-state index in [-0.39, 0.29) is 50.2 Å². The number of fused-ring (bicyclic) bond motifs is 1. The van der Waals surface area contributed by atoms with Crippen molar-refractivity contribution in [2.75, 3.05) is 14.1 Å². The van der Waals surface area contributed by atoms with Crippen LogP contribution in [0, 0.1) is 22.0 Å². The lowest BCUT2D eigenvalue weighted by Crippen LogP contribution is -2.65. The second-order valence-electron chi connectivity index (χ2n) is 13.3. The van der Waals surface area contributed by atoms with Gasteiger partial charge < -0.3 is 19.0 Å². The molecule has 0 radical (unpaired) electrons. The van der Waals surface area contributed by atoms with E-state index in [1.807, 2.05) is 13.8 Å². The van der Waals surface area contributed by atoms with E-state index in [1.54, 1.807) is 38.4 Å². The molecule has 11 nitrogen and oxygen atoms in total. The summed E-state index contributed by atoms with van der Waals surface area (Å²) in [7, 11) is -1.05. The van der Waals surface area contributed by atoms with Crippen molar-refractivity contribution in [1.82, 2.24) is 9.80 Å². The van der Waals surface area contributed by atoms with Crippen LogP contribution in [-0.4, -0.2) is 71.3 Å². The molecular formula is C32H41N3O8SSi. The molecule has 45 heavy (non-hydrogen) atoms. The molecule has 13 heteroatoms. The largest absolute Gasteiger partial charge is 0.456 e. The highest BCUT2D eigenvalue weighted by Gasteiger charge is 2.62. The van der Waals surface area contributed by atoms with Crippen molar-refractivity contribution < 1.29 is 32.7 Å². The molecule has 2 aromatic carbocycles. The van der Waals surface area contributed by atoms with E-state index >= 15 is 0 Å². The summed E-state index contributed by atoms with van der Waals surface area (Å²) in [5.74, 6) is -2.58. The van der Waals surface area contributed by atoms with Crippen molar-refractivity contribution in [2.24, 2.45) is 11.8 Å². The number of non-ortho nitro benzene ring substituents is 1. The van der Waals surface area contributed by atoms with Crippen LogP contribution < -0.4 is 0 Å². The summed E-state index contributed by atoms with van der Waals surface area (Å²) in [6.45, 7) is 14.1. The number of nitrogens with zero attached hydrogens (tertiary/aromatic N) is 3. The maximum absolute atomic E-state index is 14.4. The van der Waals surface area contributed by atoms with Gasteiger partial charge >= 0.3 is 5.97 Å². The molecule has 242 valence electrons. The number of carbonyl (C=O) groups excluding carboxylic acids is 3. The highest BCUT2D eigenvalue weighted by molar-refractivity contribution is 7.89. The third-order valence-electron chi connectivity index (χ3n) is 9.01. The first-order valence-electron chi connectivity index (χ1n) is 14.8. The second-order valence-corrected chi connectivity index (χ2v) is 19.4. The summed E-state index contributed by atoms with van der Waals surface area (Å²) in [5.41, 5.74) is 0.535. The van der Waals surface area contributed by atoms with Crippen LogP contribution in [0.2, 0.25) is 18.1 Å². The molecule has 5 atom stereocenters. The maximum Gasteiger partial charge on any atom is 0.356 e. The van der Waals surface area contributed by atoms with Crippen LogP contribution in [0.3, 0.4) is 0 Å². The van der Waals surface area contributed by atoms with Crippen LogP contribution in [0.25, 0.3) is 0 Å². The van der Waals surface area contributed by atoms with Gasteiger partial charge in [-0.2, -0.15) is 0 Å². The lowest BCUT2D eigenvalue weighted by Gasteiger charge is -2.50. The second kappa shape index (κ2) is 12.6. The fraction of sp³-hybridized carbons (Fsp3) is 0.469. The van der Waals surface area contributed by atoms with Gasteiger partial charge in [-0.1, -0.05) is 39.8 Å². The van der Waals surface area contributed by atoms with Gasteiger partial charge in [0.15, 0.2) is 8.32 Å². The first kappa shape index (κ1) is 34.2. The highest BCUT2D eigenvalue weighted by Crippen LogP contribution is 2.51. The molecular weight excluding hydrogens is 615 g/mol. The van der Waals surface area contributed by atoms with E-state index in [0.29, 0.717) is 5.56 Å². The van der Waals surface area contributed by atoms with Crippen molar-refractivity contribution in [3.63, 3.8) is 0 Å². The normalized spacial score (nSPS) is 21.1. The standard InChI is InChI=1S/C32H41N3O8SSi/c1-19-26-25(20(2)43-45(8,9)32(3,4)5)30(37)34(26)27(31(38)42-18-21-14-16-22(17-15-21)35(39)40)28(19)44(41)24-13-11-10-12-23(24)29(36)33(6)7/h10-17,19-20,25-26H,18H2,1-9H3/t19-,20-,25-,26-,44?/m1/s1. The molecule has 2 aliphatic heterocycles. The molecule has 0 bridgehead atoms. The summed E-state index contributed by atoms with van der Waals surface area (Å²) >= 11 is 0. The van der Waals surface area contributed by atoms with Crippen LogP contribution in [0.4, 0.5) is 5.69 Å². The van der Waals surface area contributed by atoms with Crippen molar-refractivity contribution >= 4 is 42.6 Å². The quantitative estimate of drug-likeness (QED) is 0.111. The molecule has 1 saturated heterocycles. The van der Waals surface area contributed by atoms with Gasteiger partial charge in [-0.25, -0.2) is 9.00 Å². The van der Waals surface area contributed by atoms with Gasteiger partial charge in [-0.05, 0) is 54.9 Å². The number of rotatable bonds is 10. The number of benzene rings is 2. The number of hydrogen-bond donors (Lipinski definition) is 0. The number of β-lactam (4-membered cyclic amide) rings is 1. The molecule has 0 saturated carbocycles. The third kappa shape index (κ3) is 6.38. The Labute approximate surface area is 267 Å². The zero-order valence-electron chi connectivity index (χ0n) is 27.2. The SMILES string of the molecule is C[C@@H](O[Si](C)(C)C(C)(C)C)[C@H]1C(=O)N2C(C(=O)OCc3ccc([N+](=O)[O-])cc3)=C(S(=O)c3ccccc3C(=O)N(C)C)[C@H](C)[C@H]12. The van der Waals surface area contributed by atoms with Crippen LogP contribution in [-0.2, 0) is 36.2 Å². The van der Waals surface area contributed by atoms with E-state index in [4.69, 9.17) is 9.16 Å². The molecule has 0 aliphatic carbocycles. The van der Waals surface area contributed by atoms with Crippen LogP contribution in [0.5, 0.6) is 0 Å². The van der Waals surface area contributed by atoms with E-state index in [1.165, 1.54) is 34.1 Å². The Morgan fingerprint density at radius 3 is 2.27 bits per heavy atom. The van der Waals surface area contributed by atoms with E-state index in [2.05, 4.69) is 33.9 Å². The minimum atomic E-state index is -2.25. The molecule has 2 aliphatic rings. The Balaban J connectivity index is 1.72. The molecule has 2 amide bonds. The van der Waals surface area contributed by atoms with Gasteiger partial charge in [0.25, 0.3) is 11.6 Å². The lowest BCUT2D eigenvalue weighted by molar-refractivity contribution is -0.384. The fourth-order valence-electron chi connectivity index (χ4n) is 5.56. The molecule has 0 N–H and O–H groups in total. The van der Waals surface area contributed by atoms with Crippen molar-refractivity contribution in [3.05, 3.63) is 80.4 Å². The van der Waals surface area contributed by atoms with Crippen molar-refractivity contribution in [1.29, 1.82) is 0 Å². The third-order valence-corrected chi connectivity index (χ3v) is 15.3. The summed E-state index contributed by atoms with van der Waals surface area (Å²) in [4.78, 5) is 54.3. The van der Waals surface area contributed by atoms with E-state index < -0.39 is 54.0 Å². The molecule has 1 unspecified atom stereocenters. The number of carbonyl (C=O) groups is 3. The minimum Gasteiger partial charge on any atom is -0.456 e. The maximum atomic E-state index is 14.4. The highest BCUT2D eigenvalue weighted by atomic mass is 32.2. The Hall–Kier alpha value is -3.68. The summed E-state index contributed by atoms with van der Waals surface area (Å²) < 4.78 is 26.6. The summed E-state index contributed by atoms with van der Waals surface area (Å²) in [5, 5.41) is 10.9. The zero-order valence-corrected chi connectivity index (χ0v) is 29.0. The first-order chi connectivity index (χ1) is 20.9. The van der Waals surface area contributed by atoms with E-state index in [9.17, 15) is 28.7 Å². The topological polar surface area (TPSA) is 136 Å². The Kier molecular flexibility index (Phi) is 9.58. The molecule has 2 heterocycles. The molecule has 4 rings (SSSR count). The first-order valence-corrected chi connectivity index (χ1v) is 18.8. The monoisotopic (exact) mass is 655 g/mol.